The zero-order chi connectivity index (χ0) is 41.2. The fourth-order valence-electron chi connectivity index (χ4n) is 5.21. The Morgan fingerprint density at radius 2 is 1.23 bits per heavy atom. The van der Waals surface area contributed by atoms with Crippen molar-refractivity contribution in [3.63, 3.8) is 0 Å². The Kier molecular flexibility index (Phi) is 38.3. The predicted molar refractivity (Wildman–Crippen MR) is 230 cm³/mol. The van der Waals surface area contributed by atoms with E-state index in [-0.39, 0.29) is 32.6 Å². The second-order valence-corrected chi connectivity index (χ2v) is 15.1. The SMILES string of the molecule is CC/C=C\C/C=C\CC(O)/C=C/C=C\C/C=C\C/C=C\CCC(=O)OC[C@H](COP(=O)(O)OCCN)OC(=O)CCCCCCCCC/C=C\CCCCCC. The van der Waals surface area contributed by atoms with Crippen LogP contribution >= 0.6 is 7.82 Å². The van der Waals surface area contributed by atoms with Crippen LogP contribution in [-0.2, 0) is 32.7 Å². The molecule has 4 N–H and O–H groups in total. The second-order valence-electron chi connectivity index (χ2n) is 13.7. The Labute approximate surface area is 339 Å². The van der Waals surface area contributed by atoms with E-state index in [1.165, 1.54) is 51.4 Å². The normalized spacial score (nSPS) is 14.7. The molecular weight excluding hydrogens is 729 g/mol. The van der Waals surface area contributed by atoms with Gasteiger partial charge in [-0.2, -0.15) is 0 Å². The molecule has 0 heterocycles. The third-order valence-corrected chi connectivity index (χ3v) is 9.34. The second kappa shape index (κ2) is 40.4. The number of hydrogen-bond acceptors (Lipinski definition) is 9. The molecule has 11 heteroatoms. The number of carbonyl (C=O) groups excluding carboxylic acids is 2. The quantitative estimate of drug-likeness (QED) is 0.0180. The average molecular weight is 806 g/mol. The first-order chi connectivity index (χ1) is 27.2. The standard InChI is InChI=1S/C45H76NO9P/c1-3-5-7-9-11-12-13-14-15-16-17-22-25-29-33-37-45(49)55-43(41-54-56(50,51)53-39-38-46)40-52-44(48)36-32-28-24-21-19-18-20-23-27-31-35-42(47)34-30-26-10-8-6-4-2/h6,8,12-13,18-19,23-24,26-28,30-31,35,42-43,47H,3-5,7,9-11,14-17,20-22,25,29,32-34,36-41,46H2,1-2H3,(H,50,51)/b8-6-,13-12-,19-18-,27-23-,28-24-,30-26-,35-31+/t42?,43-/m1/s1. The molecule has 0 rings (SSSR count). The van der Waals surface area contributed by atoms with Gasteiger partial charge < -0.3 is 25.2 Å². The van der Waals surface area contributed by atoms with Crippen molar-refractivity contribution >= 4 is 19.8 Å². The summed E-state index contributed by atoms with van der Waals surface area (Å²) in [6.45, 7) is 3.41. The molecule has 0 amide bonds. The largest absolute Gasteiger partial charge is 0.472 e. The summed E-state index contributed by atoms with van der Waals surface area (Å²) in [5, 5.41) is 9.99. The number of phosphoric acid groups is 1. The summed E-state index contributed by atoms with van der Waals surface area (Å²) in [6, 6.07) is 0. The molecule has 56 heavy (non-hydrogen) atoms. The maximum absolute atomic E-state index is 12.6. The van der Waals surface area contributed by atoms with Crippen molar-refractivity contribution < 1.29 is 42.7 Å². The zero-order valence-corrected chi connectivity index (χ0v) is 35.6. The van der Waals surface area contributed by atoms with E-state index in [0.717, 1.165) is 51.4 Å². The summed E-state index contributed by atoms with van der Waals surface area (Å²) in [6.07, 6.45) is 46.5. The molecule has 320 valence electrons. The lowest BCUT2D eigenvalue weighted by atomic mass is 10.1. The maximum Gasteiger partial charge on any atom is 0.472 e. The molecule has 0 aliphatic rings. The number of aliphatic hydroxyl groups excluding tert-OH is 1. The van der Waals surface area contributed by atoms with Crippen molar-refractivity contribution in [3.05, 3.63) is 85.1 Å². The minimum Gasteiger partial charge on any atom is -0.462 e. The van der Waals surface area contributed by atoms with Gasteiger partial charge in [-0.1, -0.05) is 150 Å². The van der Waals surface area contributed by atoms with Gasteiger partial charge in [-0.05, 0) is 70.6 Å². The van der Waals surface area contributed by atoms with Gasteiger partial charge in [0.2, 0.25) is 0 Å². The van der Waals surface area contributed by atoms with Crippen molar-refractivity contribution in [3.8, 4) is 0 Å². The van der Waals surface area contributed by atoms with Gasteiger partial charge in [-0.15, -0.1) is 0 Å². The molecule has 2 unspecified atom stereocenters. The number of rotatable bonds is 38. The highest BCUT2D eigenvalue weighted by molar-refractivity contribution is 7.47. The number of phosphoric ester groups is 1. The van der Waals surface area contributed by atoms with Gasteiger partial charge in [0.15, 0.2) is 6.10 Å². The van der Waals surface area contributed by atoms with Crippen molar-refractivity contribution in [1.29, 1.82) is 0 Å². The molecule has 0 fully saturated rings. The summed E-state index contributed by atoms with van der Waals surface area (Å²) in [5.74, 6) is -0.970. The molecule has 0 spiro atoms. The van der Waals surface area contributed by atoms with E-state index in [1.54, 1.807) is 6.08 Å². The predicted octanol–water partition coefficient (Wildman–Crippen LogP) is 11.0. The lowest BCUT2D eigenvalue weighted by Crippen LogP contribution is -2.29. The molecule has 0 aromatic heterocycles. The van der Waals surface area contributed by atoms with E-state index in [1.807, 2.05) is 48.6 Å². The number of aliphatic hydroxyl groups is 1. The minimum atomic E-state index is -4.41. The number of allylic oxidation sites excluding steroid dienone is 12. The lowest BCUT2D eigenvalue weighted by molar-refractivity contribution is -0.161. The smallest absolute Gasteiger partial charge is 0.462 e. The van der Waals surface area contributed by atoms with Gasteiger partial charge in [-0.3, -0.25) is 18.6 Å². The zero-order valence-electron chi connectivity index (χ0n) is 34.7. The van der Waals surface area contributed by atoms with Crippen LogP contribution in [0.4, 0.5) is 0 Å². The first-order valence-electron chi connectivity index (χ1n) is 21.2. The van der Waals surface area contributed by atoms with Crippen LogP contribution in [0.15, 0.2) is 85.1 Å². The minimum absolute atomic E-state index is 0.0313. The highest BCUT2D eigenvalue weighted by atomic mass is 31.2. The Balaban J connectivity index is 4.37. The number of ether oxygens (including phenoxy) is 2. The van der Waals surface area contributed by atoms with Crippen LogP contribution in [-0.4, -0.2) is 60.5 Å². The third-order valence-electron chi connectivity index (χ3n) is 8.36. The van der Waals surface area contributed by atoms with E-state index < -0.39 is 38.6 Å². The summed E-state index contributed by atoms with van der Waals surface area (Å²) in [5.41, 5.74) is 5.33. The fourth-order valence-corrected chi connectivity index (χ4v) is 5.97. The van der Waals surface area contributed by atoms with Gasteiger partial charge in [0.1, 0.15) is 6.61 Å². The average Bonchev–Trinajstić information content (AvgIpc) is 3.18. The van der Waals surface area contributed by atoms with Gasteiger partial charge in [0, 0.05) is 19.4 Å². The topological polar surface area (TPSA) is 155 Å². The van der Waals surface area contributed by atoms with Crippen LogP contribution in [0.5, 0.6) is 0 Å². The first-order valence-corrected chi connectivity index (χ1v) is 22.7. The molecular formula is C45H76NO9P. The molecule has 0 saturated carbocycles. The molecule has 0 saturated heterocycles. The summed E-state index contributed by atoms with van der Waals surface area (Å²) < 4.78 is 32.6. The van der Waals surface area contributed by atoms with Gasteiger partial charge >= 0.3 is 19.8 Å². The van der Waals surface area contributed by atoms with Gasteiger partial charge in [0.25, 0.3) is 0 Å². The molecule has 0 bridgehead atoms. The number of unbranched alkanes of at least 4 members (excludes halogenated alkanes) is 11. The molecule has 0 aromatic rings. The van der Waals surface area contributed by atoms with Crippen LogP contribution in [0.2, 0.25) is 0 Å². The number of esters is 2. The Bertz CT molecular complexity index is 1210. The molecule has 0 aliphatic heterocycles. The molecule has 0 radical (unpaired) electrons. The molecule has 0 aliphatic carbocycles. The van der Waals surface area contributed by atoms with Crippen molar-refractivity contribution in [2.75, 3.05) is 26.4 Å². The van der Waals surface area contributed by atoms with Crippen LogP contribution in [0.1, 0.15) is 149 Å². The summed E-state index contributed by atoms with van der Waals surface area (Å²) >= 11 is 0. The molecule has 3 atom stereocenters. The molecule has 0 aromatic carbocycles. The number of hydrogen-bond donors (Lipinski definition) is 3. The van der Waals surface area contributed by atoms with Crippen LogP contribution in [0.25, 0.3) is 0 Å². The van der Waals surface area contributed by atoms with E-state index >= 15 is 0 Å². The first kappa shape index (κ1) is 53.1. The monoisotopic (exact) mass is 806 g/mol. The maximum atomic E-state index is 12.6. The van der Waals surface area contributed by atoms with E-state index in [9.17, 15) is 24.2 Å². The van der Waals surface area contributed by atoms with Crippen molar-refractivity contribution in [1.82, 2.24) is 0 Å². The number of carbonyl (C=O) groups is 2. The van der Waals surface area contributed by atoms with Gasteiger partial charge in [0.05, 0.1) is 19.3 Å². The Morgan fingerprint density at radius 1 is 0.643 bits per heavy atom. The highest BCUT2D eigenvalue weighted by Gasteiger charge is 2.25. The third kappa shape index (κ3) is 39.4. The number of nitrogens with two attached hydrogens (primary N) is 1. The summed E-state index contributed by atoms with van der Waals surface area (Å²) in [4.78, 5) is 34.8. The van der Waals surface area contributed by atoms with Crippen LogP contribution in [0.3, 0.4) is 0 Å². The van der Waals surface area contributed by atoms with E-state index in [0.29, 0.717) is 19.3 Å². The van der Waals surface area contributed by atoms with Crippen molar-refractivity contribution in [2.24, 2.45) is 5.73 Å². The van der Waals surface area contributed by atoms with Gasteiger partial charge in [-0.25, -0.2) is 4.57 Å². The lowest BCUT2D eigenvalue weighted by Gasteiger charge is -2.19. The Hall–Kier alpha value is -2.85. The van der Waals surface area contributed by atoms with E-state index in [2.05, 4.69) is 44.2 Å². The van der Waals surface area contributed by atoms with Crippen LogP contribution in [0, 0.1) is 0 Å². The fraction of sp³-hybridized carbons (Fsp3) is 0.644. The highest BCUT2D eigenvalue weighted by Crippen LogP contribution is 2.43. The molecule has 10 nitrogen and oxygen atoms in total. The summed E-state index contributed by atoms with van der Waals surface area (Å²) in [7, 11) is -4.41. The van der Waals surface area contributed by atoms with Crippen molar-refractivity contribution in [2.45, 2.75) is 161 Å². The van der Waals surface area contributed by atoms with Crippen LogP contribution < -0.4 is 5.73 Å². The Morgan fingerprint density at radius 3 is 1.91 bits per heavy atom. The van der Waals surface area contributed by atoms with E-state index in [4.69, 9.17) is 24.3 Å².